The Morgan fingerprint density at radius 3 is 2.47 bits per heavy atom. The van der Waals surface area contributed by atoms with Gasteiger partial charge in [-0.1, -0.05) is 17.7 Å². The highest BCUT2D eigenvalue weighted by molar-refractivity contribution is 5.52. The average molecular weight is 235 g/mol. The molecule has 0 saturated carbocycles. The van der Waals surface area contributed by atoms with Crippen LogP contribution in [0.4, 0.5) is 5.69 Å². The van der Waals surface area contributed by atoms with Gasteiger partial charge in [-0.2, -0.15) is 0 Å². The zero-order valence-electron chi connectivity index (χ0n) is 11.9. The van der Waals surface area contributed by atoms with Crippen molar-refractivity contribution in [2.45, 2.75) is 52.7 Å². The van der Waals surface area contributed by atoms with E-state index in [1.807, 2.05) is 0 Å². The van der Waals surface area contributed by atoms with E-state index in [9.17, 15) is 0 Å². The van der Waals surface area contributed by atoms with Gasteiger partial charge in [0.25, 0.3) is 0 Å². The fourth-order valence-electron chi connectivity index (χ4n) is 2.11. The molecule has 1 N–H and O–H groups in total. The van der Waals surface area contributed by atoms with Crippen LogP contribution in [0.15, 0.2) is 18.2 Å². The summed E-state index contributed by atoms with van der Waals surface area (Å²) in [6.45, 7) is 10.7. The summed E-state index contributed by atoms with van der Waals surface area (Å²) in [5.74, 6) is 0. The highest BCUT2D eigenvalue weighted by Crippen LogP contribution is 2.21. The number of aryl methyl sites for hydroxylation is 2. The molecule has 1 atom stereocenters. The van der Waals surface area contributed by atoms with Gasteiger partial charge in [-0.25, -0.2) is 0 Å². The van der Waals surface area contributed by atoms with Crippen LogP contribution in [-0.2, 0) is 4.74 Å². The van der Waals surface area contributed by atoms with Gasteiger partial charge in [0, 0.05) is 18.8 Å². The van der Waals surface area contributed by atoms with Crippen molar-refractivity contribution in [3.63, 3.8) is 0 Å². The highest BCUT2D eigenvalue weighted by Gasteiger charge is 2.20. The van der Waals surface area contributed by atoms with E-state index in [0.29, 0.717) is 6.04 Å². The van der Waals surface area contributed by atoms with E-state index in [4.69, 9.17) is 4.74 Å². The standard InChI is InChI=1S/C15H25NO/c1-11-7-8-14(12(2)9-11)16-13(3)10-15(4,5)17-6/h7-9,13,16H,10H2,1-6H3. The SMILES string of the molecule is COC(C)(C)CC(C)Nc1ccc(C)cc1C. The third-order valence-electron chi connectivity index (χ3n) is 3.13. The summed E-state index contributed by atoms with van der Waals surface area (Å²) in [5, 5.41) is 3.55. The van der Waals surface area contributed by atoms with Gasteiger partial charge in [0.15, 0.2) is 0 Å². The van der Waals surface area contributed by atoms with E-state index in [2.05, 4.69) is 58.1 Å². The van der Waals surface area contributed by atoms with Crippen LogP contribution in [-0.4, -0.2) is 18.8 Å². The first-order valence-electron chi connectivity index (χ1n) is 6.23. The molecule has 2 heteroatoms. The Morgan fingerprint density at radius 2 is 1.94 bits per heavy atom. The molecule has 1 aromatic rings. The number of hydrogen-bond acceptors (Lipinski definition) is 2. The minimum absolute atomic E-state index is 0.0784. The van der Waals surface area contributed by atoms with Gasteiger partial charge in [0.2, 0.25) is 0 Å². The van der Waals surface area contributed by atoms with E-state index in [-0.39, 0.29) is 5.60 Å². The van der Waals surface area contributed by atoms with Crippen LogP contribution < -0.4 is 5.32 Å². The van der Waals surface area contributed by atoms with Crippen molar-refractivity contribution in [1.82, 2.24) is 0 Å². The van der Waals surface area contributed by atoms with E-state index in [0.717, 1.165) is 6.42 Å². The summed E-state index contributed by atoms with van der Waals surface area (Å²) < 4.78 is 5.46. The highest BCUT2D eigenvalue weighted by atomic mass is 16.5. The Kier molecular flexibility index (Phi) is 4.58. The summed E-state index contributed by atoms with van der Waals surface area (Å²) >= 11 is 0. The maximum Gasteiger partial charge on any atom is 0.0642 e. The molecular formula is C15H25NO. The van der Waals surface area contributed by atoms with Crippen molar-refractivity contribution in [2.24, 2.45) is 0 Å². The van der Waals surface area contributed by atoms with Crippen LogP contribution in [0, 0.1) is 13.8 Å². The molecule has 0 amide bonds. The molecule has 17 heavy (non-hydrogen) atoms. The molecule has 96 valence electrons. The minimum Gasteiger partial charge on any atom is -0.382 e. The lowest BCUT2D eigenvalue weighted by atomic mass is 9.99. The molecular weight excluding hydrogens is 210 g/mol. The fraction of sp³-hybridized carbons (Fsp3) is 0.600. The Hall–Kier alpha value is -1.02. The number of methoxy groups -OCH3 is 1. The largest absolute Gasteiger partial charge is 0.382 e. The van der Waals surface area contributed by atoms with Crippen molar-refractivity contribution >= 4 is 5.69 Å². The van der Waals surface area contributed by atoms with Crippen molar-refractivity contribution in [3.05, 3.63) is 29.3 Å². The molecule has 1 rings (SSSR count). The maximum absolute atomic E-state index is 5.46. The van der Waals surface area contributed by atoms with Gasteiger partial charge < -0.3 is 10.1 Å². The van der Waals surface area contributed by atoms with E-state index in [1.54, 1.807) is 7.11 Å². The molecule has 0 radical (unpaired) electrons. The van der Waals surface area contributed by atoms with E-state index < -0.39 is 0 Å². The lowest BCUT2D eigenvalue weighted by Gasteiger charge is -2.28. The molecule has 0 saturated heterocycles. The van der Waals surface area contributed by atoms with Crippen LogP contribution >= 0.6 is 0 Å². The first-order chi connectivity index (χ1) is 7.84. The van der Waals surface area contributed by atoms with Crippen LogP contribution in [0.5, 0.6) is 0 Å². The van der Waals surface area contributed by atoms with Crippen molar-refractivity contribution in [3.8, 4) is 0 Å². The van der Waals surface area contributed by atoms with Gasteiger partial charge in [0.1, 0.15) is 0 Å². The zero-order valence-corrected chi connectivity index (χ0v) is 11.9. The molecule has 0 spiro atoms. The average Bonchev–Trinajstić information content (AvgIpc) is 2.21. The van der Waals surface area contributed by atoms with Crippen LogP contribution in [0.1, 0.15) is 38.3 Å². The molecule has 0 aromatic heterocycles. The Morgan fingerprint density at radius 1 is 1.29 bits per heavy atom. The predicted octanol–water partition coefficient (Wildman–Crippen LogP) is 3.92. The monoisotopic (exact) mass is 235 g/mol. The Labute approximate surface area is 105 Å². The smallest absolute Gasteiger partial charge is 0.0642 e. The molecule has 0 fully saturated rings. The van der Waals surface area contributed by atoms with Gasteiger partial charge in [-0.15, -0.1) is 0 Å². The number of anilines is 1. The van der Waals surface area contributed by atoms with E-state index >= 15 is 0 Å². The quantitative estimate of drug-likeness (QED) is 0.835. The molecule has 0 aliphatic heterocycles. The summed E-state index contributed by atoms with van der Waals surface area (Å²) in [6.07, 6.45) is 0.983. The number of ether oxygens (including phenoxy) is 1. The third kappa shape index (κ3) is 4.39. The van der Waals surface area contributed by atoms with Gasteiger partial charge in [-0.3, -0.25) is 0 Å². The van der Waals surface area contributed by atoms with Crippen LogP contribution in [0.25, 0.3) is 0 Å². The van der Waals surface area contributed by atoms with Gasteiger partial charge in [-0.05, 0) is 52.7 Å². The van der Waals surface area contributed by atoms with Crippen LogP contribution in [0.2, 0.25) is 0 Å². The van der Waals surface area contributed by atoms with Crippen molar-refractivity contribution in [1.29, 1.82) is 0 Å². The topological polar surface area (TPSA) is 21.3 Å². The second-order valence-corrected chi connectivity index (χ2v) is 5.53. The van der Waals surface area contributed by atoms with Crippen LogP contribution in [0.3, 0.4) is 0 Å². The lowest BCUT2D eigenvalue weighted by molar-refractivity contribution is 0.0128. The number of nitrogens with one attached hydrogen (secondary N) is 1. The number of hydrogen-bond donors (Lipinski definition) is 1. The zero-order chi connectivity index (χ0) is 13.1. The Bertz CT molecular complexity index is 371. The van der Waals surface area contributed by atoms with E-state index in [1.165, 1.54) is 16.8 Å². The molecule has 0 bridgehead atoms. The molecule has 1 unspecified atom stereocenters. The fourth-order valence-corrected chi connectivity index (χ4v) is 2.11. The summed E-state index contributed by atoms with van der Waals surface area (Å²) in [6, 6.07) is 6.90. The predicted molar refractivity (Wildman–Crippen MR) is 74.7 cm³/mol. The van der Waals surface area contributed by atoms with Crippen molar-refractivity contribution < 1.29 is 4.74 Å². The number of rotatable bonds is 5. The molecule has 1 aromatic carbocycles. The third-order valence-corrected chi connectivity index (χ3v) is 3.13. The van der Waals surface area contributed by atoms with Gasteiger partial charge in [0.05, 0.1) is 5.60 Å². The first-order valence-corrected chi connectivity index (χ1v) is 6.23. The molecule has 2 nitrogen and oxygen atoms in total. The Balaban J connectivity index is 2.65. The second kappa shape index (κ2) is 5.54. The summed E-state index contributed by atoms with van der Waals surface area (Å²) in [5.41, 5.74) is 3.74. The lowest BCUT2D eigenvalue weighted by Crippen LogP contribution is -2.31. The summed E-state index contributed by atoms with van der Waals surface area (Å²) in [7, 11) is 1.77. The maximum atomic E-state index is 5.46. The molecule has 0 aliphatic carbocycles. The normalized spacial score (nSPS) is 13.5. The first kappa shape index (κ1) is 14.0. The second-order valence-electron chi connectivity index (χ2n) is 5.53. The molecule has 0 aliphatic rings. The summed E-state index contributed by atoms with van der Waals surface area (Å²) in [4.78, 5) is 0. The molecule has 0 heterocycles. The van der Waals surface area contributed by atoms with Gasteiger partial charge >= 0.3 is 0 Å². The van der Waals surface area contributed by atoms with Crippen molar-refractivity contribution in [2.75, 3.05) is 12.4 Å². The number of benzene rings is 1. The minimum atomic E-state index is -0.0784.